The first-order valence-corrected chi connectivity index (χ1v) is 11.3. The Balaban J connectivity index is 1.45. The smallest absolute Gasteiger partial charge is 0.291 e. The van der Waals surface area contributed by atoms with E-state index in [-0.39, 0.29) is 11.7 Å². The maximum Gasteiger partial charge on any atom is 0.291 e. The van der Waals surface area contributed by atoms with Crippen molar-refractivity contribution in [3.63, 3.8) is 0 Å². The topological polar surface area (TPSA) is 88.7 Å². The number of aromatic nitrogens is 2. The lowest BCUT2D eigenvalue weighted by Crippen LogP contribution is -2.33. The zero-order valence-corrected chi connectivity index (χ0v) is 18.9. The lowest BCUT2D eigenvalue weighted by molar-refractivity contribution is 0.0208. The molecule has 4 rings (SSSR count). The van der Waals surface area contributed by atoms with Crippen LogP contribution in [-0.4, -0.2) is 39.0 Å². The number of amides is 1. The minimum atomic E-state index is -1.05. The molecule has 1 atom stereocenters. The van der Waals surface area contributed by atoms with Gasteiger partial charge in [0.1, 0.15) is 23.0 Å². The Kier molecular flexibility index (Phi) is 6.11. The number of hydrogen-bond donors (Lipinski definition) is 1. The second-order valence-electron chi connectivity index (χ2n) is 7.95. The summed E-state index contributed by atoms with van der Waals surface area (Å²) in [6, 6.07) is 9.65. The molecular formula is C23H27N3O4S. The van der Waals surface area contributed by atoms with E-state index in [4.69, 9.17) is 9.15 Å². The fourth-order valence-corrected chi connectivity index (χ4v) is 4.96. The van der Waals surface area contributed by atoms with E-state index in [1.807, 2.05) is 37.3 Å². The summed E-state index contributed by atoms with van der Waals surface area (Å²) in [5, 5.41) is 12.1. The third-order valence-corrected chi connectivity index (χ3v) is 6.93. The summed E-state index contributed by atoms with van der Waals surface area (Å²) < 4.78 is 11.4. The molecule has 0 spiro atoms. The Morgan fingerprint density at radius 2 is 1.94 bits per heavy atom. The molecule has 7 nitrogen and oxygen atoms in total. The molecule has 3 heterocycles. The van der Waals surface area contributed by atoms with Crippen LogP contribution in [0.2, 0.25) is 0 Å². The number of ether oxygens (including phenoxy) is 1. The molecule has 1 N–H and O–H groups in total. The number of likely N-dealkylation sites (tertiary alicyclic amines) is 1. The summed E-state index contributed by atoms with van der Waals surface area (Å²) in [6.45, 7) is 6.86. The van der Waals surface area contributed by atoms with E-state index in [1.54, 1.807) is 18.7 Å². The largest absolute Gasteiger partial charge is 0.488 e. The molecule has 1 saturated heterocycles. The molecule has 31 heavy (non-hydrogen) atoms. The van der Waals surface area contributed by atoms with E-state index in [1.165, 1.54) is 11.3 Å². The molecule has 0 saturated carbocycles. The Bertz CT molecular complexity index is 1060. The summed E-state index contributed by atoms with van der Waals surface area (Å²) in [5.74, 6) is 1.40. The second-order valence-corrected chi connectivity index (χ2v) is 9.04. The predicted molar refractivity (Wildman–Crippen MR) is 117 cm³/mol. The van der Waals surface area contributed by atoms with Crippen LogP contribution in [0.4, 0.5) is 0 Å². The fourth-order valence-electron chi connectivity index (χ4n) is 3.84. The highest BCUT2D eigenvalue weighted by Gasteiger charge is 2.37. The van der Waals surface area contributed by atoms with E-state index in [0.29, 0.717) is 55.6 Å². The van der Waals surface area contributed by atoms with E-state index < -0.39 is 5.60 Å². The summed E-state index contributed by atoms with van der Waals surface area (Å²) >= 11 is 1.49. The number of benzene rings is 1. The molecule has 0 radical (unpaired) electrons. The number of para-hydroxylation sites is 1. The van der Waals surface area contributed by atoms with Gasteiger partial charge in [-0.05, 0) is 38.8 Å². The standard InChI is InChI=1S/C23H27N3O4S/c1-15-19(14-29-18-8-5-4-6-9-18)31-22(25-15)23(28)10-7-12-26(13-11-23)21(27)20-16(2)24-17(3)30-20/h4-6,8-9,28H,7,10-14H2,1-3H3/t23-/m1/s1. The van der Waals surface area contributed by atoms with Crippen LogP contribution in [0.1, 0.15) is 57.0 Å². The summed E-state index contributed by atoms with van der Waals surface area (Å²) in [4.78, 5) is 24.5. The van der Waals surface area contributed by atoms with Gasteiger partial charge in [-0.1, -0.05) is 18.2 Å². The minimum Gasteiger partial charge on any atom is -0.488 e. The Morgan fingerprint density at radius 3 is 2.65 bits per heavy atom. The van der Waals surface area contributed by atoms with Gasteiger partial charge in [0.15, 0.2) is 5.89 Å². The highest BCUT2D eigenvalue weighted by atomic mass is 32.1. The number of carbonyl (C=O) groups excluding carboxylic acids is 1. The quantitative estimate of drug-likeness (QED) is 0.640. The van der Waals surface area contributed by atoms with Crippen molar-refractivity contribution >= 4 is 17.2 Å². The first-order chi connectivity index (χ1) is 14.9. The average Bonchev–Trinajstić information content (AvgIpc) is 3.22. The third-order valence-electron chi connectivity index (χ3n) is 5.60. The predicted octanol–water partition coefficient (Wildman–Crippen LogP) is 4.15. The average molecular weight is 442 g/mol. The highest BCUT2D eigenvalue weighted by molar-refractivity contribution is 7.11. The van der Waals surface area contributed by atoms with E-state index in [9.17, 15) is 9.90 Å². The van der Waals surface area contributed by atoms with Gasteiger partial charge in [-0.15, -0.1) is 11.3 Å². The van der Waals surface area contributed by atoms with Crippen LogP contribution in [-0.2, 0) is 12.2 Å². The zero-order chi connectivity index (χ0) is 22.0. The van der Waals surface area contributed by atoms with Crippen molar-refractivity contribution in [1.82, 2.24) is 14.9 Å². The molecular weight excluding hydrogens is 414 g/mol. The molecule has 164 valence electrons. The molecule has 1 aromatic carbocycles. The van der Waals surface area contributed by atoms with Gasteiger partial charge in [0, 0.05) is 26.4 Å². The molecule has 0 bridgehead atoms. The molecule has 0 aliphatic carbocycles. The first-order valence-electron chi connectivity index (χ1n) is 10.5. The minimum absolute atomic E-state index is 0.172. The molecule has 0 unspecified atom stereocenters. The Morgan fingerprint density at radius 1 is 1.16 bits per heavy atom. The molecule has 1 amide bonds. The second kappa shape index (κ2) is 8.80. The van der Waals surface area contributed by atoms with Crippen LogP contribution in [0.25, 0.3) is 0 Å². The van der Waals surface area contributed by atoms with Crippen LogP contribution in [0.3, 0.4) is 0 Å². The molecule has 1 aliphatic rings. The van der Waals surface area contributed by atoms with Crippen molar-refractivity contribution in [2.45, 2.75) is 52.2 Å². The van der Waals surface area contributed by atoms with Crippen LogP contribution in [0.5, 0.6) is 5.75 Å². The number of oxazole rings is 1. The maximum atomic E-state index is 12.9. The van der Waals surface area contributed by atoms with Gasteiger partial charge in [0.05, 0.1) is 16.3 Å². The number of nitrogens with zero attached hydrogens (tertiary/aromatic N) is 3. The number of aryl methyl sites for hydroxylation is 3. The van der Waals surface area contributed by atoms with Gasteiger partial charge in [-0.2, -0.15) is 0 Å². The number of carbonyl (C=O) groups is 1. The molecule has 2 aromatic heterocycles. The summed E-state index contributed by atoms with van der Waals surface area (Å²) in [6.07, 6.45) is 1.66. The van der Waals surface area contributed by atoms with Crippen molar-refractivity contribution in [2.24, 2.45) is 0 Å². The van der Waals surface area contributed by atoms with Crippen LogP contribution >= 0.6 is 11.3 Å². The lowest BCUT2D eigenvalue weighted by atomic mass is 9.96. The molecule has 1 fully saturated rings. The van der Waals surface area contributed by atoms with Gasteiger partial charge in [0.2, 0.25) is 5.76 Å². The first kappa shape index (κ1) is 21.5. The van der Waals surface area contributed by atoms with Gasteiger partial charge in [-0.25, -0.2) is 9.97 Å². The number of aliphatic hydroxyl groups is 1. The Labute approximate surface area is 185 Å². The summed E-state index contributed by atoms with van der Waals surface area (Å²) in [7, 11) is 0. The molecule has 3 aromatic rings. The van der Waals surface area contributed by atoms with Gasteiger partial charge in [-0.3, -0.25) is 4.79 Å². The number of thiazole rings is 1. The lowest BCUT2D eigenvalue weighted by Gasteiger charge is -2.24. The van der Waals surface area contributed by atoms with E-state index >= 15 is 0 Å². The zero-order valence-electron chi connectivity index (χ0n) is 18.1. The normalized spacial score (nSPS) is 19.3. The fraction of sp³-hybridized carbons (Fsp3) is 0.435. The van der Waals surface area contributed by atoms with Gasteiger partial charge < -0.3 is 19.2 Å². The number of hydrogen-bond acceptors (Lipinski definition) is 7. The number of rotatable bonds is 5. The van der Waals surface area contributed by atoms with Crippen molar-refractivity contribution < 1.29 is 19.1 Å². The van der Waals surface area contributed by atoms with Crippen LogP contribution in [0.15, 0.2) is 34.7 Å². The monoisotopic (exact) mass is 441 g/mol. The van der Waals surface area contributed by atoms with Crippen molar-refractivity contribution in [3.05, 3.63) is 63.3 Å². The van der Waals surface area contributed by atoms with Gasteiger partial charge in [0.25, 0.3) is 5.91 Å². The van der Waals surface area contributed by atoms with Crippen molar-refractivity contribution in [2.75, 3.05) is 13.1 Å². The van der Waals surface area contributed by atoms with Crippen LogP contribution in [0, 0.1) is 20.8 Å². The van der Waals surface area contributed by atoms with Crippen LogP contribution < -0.4 is 4.74 Å². The maximum absolute atomic E-state index is 12.9. The van der Waals surface area contributed by atoms with Crippen molar-refractivity contribution in [3.8, 4) is 5.75 Å². The third kappa shape index (κ3) is 4.65. The van der Waals surface area contributed by atoms with Gasteiger partial charge >= 0.3 is 0 Å². The van der Waals surface area contributed by atoms with E-state index in [0.717, 1.165) is 16.3 Å². The van der Waals surface area contributed by atoms with E-state index in [2.05, 4.69) is 9.97 Å². The Hall–Kier alpha value is -2.71. The van der Waals surface area contributed by atoms with Crippen molar-refractivity contribution in [1.29, 1.82) is 0 Å². The molecule has 1 aliphatic heterocycles. The SMILES string of the molecule is Cc1nc(C)c(C(=O)N2CCC[C@](O)(c3nc(C)c(COc4ccccc4)s3)CC2)o1. The molecule has 8 heteroatoms. The highest BCUT2D eigenvalue weighted by Crippen LogP contribution is 2.37. The summed E-state index contributed by atoms with van der Waals surface area (Å²) in [5.41, 5.74) is 0.414.